The van der Waals surface area contributed by atoms with Gasteiger partial charge in [0.15, 0.2) is 0 Å². The molecule has 0 bridgehead atoms. The van der Waals surface area contributed by atoms with E-state index in [1.807, 2.05) is 42.5 Å². The zero-order chi connectivity index (χ0) is 19.3. The molecular weight excluding hydrogens is 391 g/mol. The zero-order valence-corrected chi connectivity index (χ0v) is 16.8. The fraction of sp³-hybridized carbons (Fsp3) is 0.174. The first-order valence-electron chi connectivity index (χ1n) is 9.23. The van der Waals surface area contributed by atoms with E-state index in [1.165, 1.54) is 5.56 Å². The predicted molar refractivity (Wildman–Crippen MR) is 113 cm³/mol. The number of hydrogen-bond acceptors (Lipinski definition) is 3. The maximum Gasteiger partial charge on any atom is 0.213 e. The summed E-state index contributed by atoms with van der Waals surface area (Å²) in [6, 6.07) is 22.1. The van der Waals surface area contributed by atoms with Gasteiger partial charge in [0.25, 0.3) is 0 Å². The molecular formula is C23H18Cl2N2O. The predicted octanol–water partition coefficient (Wildman–Crippen LogP) is 6.54. The quantitative estimate of drug-likeness (QED) is 0.480. The van der Waals surface area contributed by atoms with Crippen molar-refractivity contribution in [1.82, 2.24) is 5.01 Å². The third kappa shape index (κ3) is 3.05. The number of aryl methyl sites for hydroxylation is 1. The van der Waals surface area contributed by atoms with Crippen LogP contribution in [0.15, 0.2) is 71.8 Å². The van der Waals surface area contributed by atoms with E-state index in [4.69, 9.17) is 33.0 Å². The van der Waals surface area contributed by atoms with Crippen LogP contribution >= 0.6 is 23.2 Å². The molecule has 140 valence electrons. The number of hydrazone groups is 1. The van der Waals surface area contributed by atoms with Crippen molar-refractivity contribution in [2.45, 2.75) is 25.6 Å². The van der Waals surface area contributed by atoms with Gasteiger partial charge in [0, 0.05) is 27.6 Å². The Bertz CT molecular complexity index is 1060. The molecule has 0 unspecified atom stereocenters. The molecule has 3 aromatic rings. The van der Waals surface area contributed by atoms with E-state index in [2.05, 4.69) is 36.2 Å². The number of ether oxygens (including phenoxy) is 1. The van der Waals surface area contributed by atoms with Gasteiger partial charge in [-0.2, -0.15) is 5.10 Å². The highest BCUT2D eigenvalue weighted by molar-refractivity contribution is 6.31. The molecule has 2 aliphatic rings. The Morgan fingerprint density at radius 2 is 1.64 bits per heavy atom. The zero-order valence-electron chi connectivity index (χ0n) is 15.3. The number of hydrogen-bond donors (Lipinski definition) is 0. The molecule has 3 nitrogen and oxygen atoms in total. The van der Waals surface area contributed by atoms with Gasteiger partial charge in [0.1, 0.15) is 5.75 Å². The second kappa shape index (κ2) is 6.84. The average molecular weight is 409 g/mol. The lowest BCUT2D eigenvalue weighted by Gasteiger charge is -2.38. The van der Waals surface area contributed by atoms with Crippen LogP contribution in [0.3, 0.4) is 0 Å². The molecule has 0 amide bonds. The van der Waals surface area contributed by atoms with Crippen molar-refractivity contribution in [2.24, 2.45) is 5.10 Å². The monoisotopic (exact) mass is 408 g/mol. The lowest BCUT2D eigenvalue weighted by atomic mass is 9.96. The summed E-state index contributed by atoms with van der Waals surface area (Å²) in [5.41, 5.74) is 5.47. The third-order valence-corrected chi connectivity index (χ3v) is 5.78. The standard InChI is InChI=1S/C23H18Cl2N2O/c1-14-2-4-16(5-3-14)23-27-21(19-12-18(25)10-11-22(19)28-23)13-20(26-27)15-6-8-17(24)9-7-15/h2-12,21,23H,13H2,1H3/t21-,23+/m1/s1. The third-order valence-electron chi connectivity index (χ3n) is 5.29. The SMILES string of the molecule is Cc1ccc([C@@H]2Oc3ccc(Cl)cc3[C@H]3CC(c4ccc(Cl)cc4)=NN32)cc1. The summed E-state index contributed by atoms with van der Waals surface area (Å²) in [4.78, 5) is 0. The van der Waals surface area contributed by atoms with Gasteiger partial charge in [-0.1, -0.05) is 65.2 Å². The van der Waals surface area contributed by atoms with Gasteiger partial charge in [-0.3, -0.25) is 0 Å². The molecule has 5 rings (SSSR count). The number of rotatable bonds is 2. The van der Waals surface area contributed by atoms with Gasteiger partial charge < -0.3 is 4.74 Å². The summed E-state index contributed by atoms with van der Waals surface area (Å²) in [6.07, 6.45) is 0.518. The first-order chi connectivity index (χ1) is 13.6. The highest BCUT2D eigenvalue weighted by atomic mass is 35.5. The molecule has 5 heteroatoms. The van der Waals surface area contributed by atoms with Crippen LogP contribution in [0.25, 0.3) is 0 Å². The van der Waals surface area contributed by atoms with E-state index in [-0.39, 0.29) is 12.3 Å². The van der Waals surface area contributed by atoms with Crippen molar-refractivity contribution in [2.75, 3.05) is 0 Å². The molecule has 0 saturated heterocycles. The Balaban J connectivity index is 1.59. The highest BCUT2D eigenvalue weighted by Crippen LogP contribution is 2.48. The Kier molecular flexibility index (Phi) is 4.30. The molecule has 28 heavy (non-hydrogen) atoms. The normalized spacial score (nSPS) is 20.2. The molecule has 2 heterocycles. The summed E-state index contributed by atoms with van der Waals surface area (Å²) in [6.45, 7) is 2.08. The van der Waals surface area contributed by atoms with Crippen LogP contribution in [-0.2, 0) is 0 Å². The largest absolute Gasteiger partial charge is 0.464 e. The fourth-order valence-corrected chi connectivity index (χ4v) is 4.13. The van der Waals surface area contributed by atoms with E-state index in [0.717, 1.165) is 39.6 Å². The van der Waals surface area contributed by atoms with Gasteiger partial charge in [-0.05, 0) is 42.8 Å². The van der Waals surface area contributed by atoms with Gasteiger partial charge in [0.05, 0.1) is 11.8 Å². The second-order valence-corrected chi connectivity index (χ2v) is 8.09. The number of halogens is 2. The number of fused-ring (bicyclic) bond motifs is 3. The van der Waals surface area contributed by atoms with Crippen LogP contribution in [-0.4, -0.2) is 10.7 Å². The summed E-state index contributed by atoms with van der Waals surface area (Å²) in [5, 5.41) is 8.45. The van der Waals surface area contributed by atoms with Crippen LogP contribution < -0.4 is 4.74 Å². The molecule has 0 aliphatic carbocycles. The van der Waals surface area contributed by atoms with Crippen molar-refractivity contribution < 1.29 is 4.74 Å². The highest BCUT2D eigenvalue weighted by Gasteiger charge is 2.41. The van der Waals surface area contributed by atoms with Gasteiger partial charge >= 0.3 is 0 Å². The van der Waals surface area contributed by atoms with Crippen LogP contribution in [0.2, 0.25) is 10.0 Å². The first kappa shape index (κ1) is 17.6. The van der Waals surface area contributed by atoms with E-state index >= 15 is 0 Å². The van der Waals surface area contributed by atoms with Crippen molar-refractivity contribution in [3.8, 4) is 5.75 Å². The molecule has 0 saturated carbocycles. The van der Waals surface area contributed by atoms with Gasteiger partial charge in [-0.25, -0.2) is 5.01 Å². The van der Waals surface area contributed by atoms with E-state index in [9.17, 15) is 0 Å². The van der Waals surface area contributed by atoms with Crippen molar-refractivity contribution in [1.29, 1.82) is 0 Å². The van der Waals surface area contributed by atoms with Crippen LogP contribution in [0.4, 0.5) is 0 Å². The Morgan fingerprint density at radius 3 is 2.39 bits per heavy atom. The van der Waals surface area contributed by atoms with Crippen molar-refractivity contribution >= 4 is 28.9 Å². The minimum absolute atomic E-state index is 0.0828. The lowest BCUT2D eigenvalue weighted by molar-refractivity contribution is -0.0190. The molecule has 0 spiro atoms. The molecule has 2 aliphatic heterocycles. The lowest BCUT2D eigenvalue weighted by Crippen LogP contribution is -2.33. The molecule has 0 aromatic heterocycles. The molecule has 0 radical (unpaired) electrons. The maximum atomic E-state index is 6.37. The molecule has 3 aromatic carbocycles. The maximum absolute atomic E-state index is 6.37. The second-order valence-electron chi connectivity index (χ2n) is 7.22. The summed E-state index contributed by atoms with van der Waals surface area (Å²) in [7, 11) is 0. The minimum Gasteiger partial charge on any atom is -0.464 e. The first-order valence-corrected chi connectivity index (χ1v) is 9.98. The summed E-state index contributed by atoms with van der Waals surface area (Å²) in [5.74, 6) is 0.865. The minimum atomic E-state index is -0.274. The Labute approximate surface area is 174 Å². The Morgan fingerprint density at radius 1 is 0.929 bits per heavy atom. The topological polar surface area (TPSA) is 24.8 Å². The van der Waals surface area contributed by atoms with E-state index < -0.39 is 0 Å². The average Bonchev–Trinajstić information content (AvgIpc) is 3.14. The number of benzene rings is 3. The molecule has 0 fully saturated rings. The van der Waals surface area contributed by atoms with E-state index in [1.54, 1.807) is 0 Å². The molecule has 0 N–H and O–H groups in total. The van der Waals surface area contributed by atoms with Gasteiger partial charge in [-0.15, -0.1) is 0 Å². The fourth-order valence-electron chi connectivity index (χ4n) is 3.83. The van der Waals surface area contributed by atoms with Gasteiger partial charge in [0.2, 0.25) is 6.23 Å². The molecule has 2 atom stereocenters. The smallest absolute Gasteiger partial charge is 0.213 e. The van der Waals surface area contributed by atoms with Crippen LogP contribution in [0.5, 0.6) is 5.75 Å². The summed E-state index contributed by atoms with van der Waals surface area (Å²) < 4.78 is 6.37. The van der Waals surface area contributed by atoms with Crippen LogP contribution in [0.1, 0.15) is 40.9 Å². The van der Waals surface area contributed by atoms with Crippen molar-refractivity contribution in [3.05, 3.63) is 99.0 Å². The number of nitrogens with zero attached hydrogens (tertiary/aromatic N) is 2. The summed E-state index contributed by atoms with van der Waals surface area (Å²) >= 11 is 12.3. The van der Waals surface area contributed by atoms with E-state index in [0.29, 0.717) is 5.02 Å². The van der Waals surface area contributed by atoms with Crippen LogP contribution in [0, 0.1) is 6.92 Å². The van der Waals surface area contributed by atoms with Crippen molar-refractivity contribution in [3.63, 3.8) is 0 Å². The Hall–Kier alpha value is -2.49.